The molecule has 1 N–H and O–H groups in total. The Labute approximate surface area is 170 Å². The highest BCUT2D eigenvalue weighted by molar-refractivity contribution is 8.26. The number of carbonyl (C=O) groups excluding carboxylic acids is 1. The van der Waals surface area contributed by atoms with Crippen molar-refractivity contribution in [1.29, 1.82) is 0 Å². The fraction of sp³-hybridized carbons (Fsp3) is 0.176. The number of carbonyl (C=O) groups is 2. The molecule has 12 heteroatoms. The summed E-state index contributed by atoms with van der Waals surface area (Å²) in [5, 5.41) is 19.4. The van der Waals surface area contributed by atoms with Gasteiger partial charge in [-0.3, -0.25) is 29.4 Å². The number of benzene rings is 1. The Kier molecular flexibility index (Phi) is 5.75. The summed E-state index contributed by atoms with van der Waals surface area (Å²) in [5.41, 5.74) is -1.92. The van der Waals surface area contributed by atoms with Crippen LogP contribution in [0.25, 0.3) is 17.0 Å². The molecule has 1 aromatic heterocycles. The molecule has 150 valence electrons. The number of halogens is 1. The van der Waals surface area contributed by atoms with Crippen LogP contribution in [-0.2, 0) is 9.59 Å². The smallest absolute Gasteiger partial charge is 0.315 e. The van der Waals surface area contributed by atoms with E-state index in [0.717, 1.165) is 24.1 Å². The molecular weight excluding hydrogens is 427 g/mol. The van der Waals surface area contributed by atoms with Crippen molar-refractivity contribution in [3.8, 4) is 0 Å². The lowest BCUT2D eigenvalue weighted by atomic mass is 10.1. The molecule has 9 nitrogen and oxygen atoms in total. The topological polar surface area (TPSA) is 131 Å². The lowest BCUT2D eigenvalue weighted by molar-refractivity contribution is -0.383. The maximum Gasteiger partial charge on any atom is 0.315 e. The quantitative estimate of drug-likeness (QED) is 0.313. The number of thioether (sulfide) groups is 1. The first kappa shape index (κ1) is 20.6. The van der Waals surface area contributed by atoms with Crippen LogP contribution in [0.4, 0.5) is 10.1 Å². The van der Waals surface area contributed by atoms with Gasteiger partial charge in [0, 0.05) is 13.0 Å². The predicted octanol–water partition coefficient (Wildman–Crippen LogP) is 2.91. The van der Waals surface area contributed by atoms with Gasteiger partial charge in [0.05, 0.1) is 26.8 Å². The number of nitrogens with zero attached hydrogens (tertiary/aromatic N) is 2. The van der Waals surface area contributed by atoms with E-state index < -0.39 is 33.7 Å². The van der Waals surface area contributed by atoms with E-state index in [1.165, 1.54) is 11.0 Å². The van der Waals surface area contributed by atoms with Crippen molar-refractivity contribution in [2.75, 3.05) is 6.54 Å². The van der Waals surface area contributed by atoms with Gasteiger partial charge < -0.3 is 9.52 Å². The summed E-state index contributed by atoms with van der Waals surface area (Å²) in [6.45, 7) is 0.109. The Morgan fingerprint density at radius 2 is 2.14 bits per heavy atom. The van der Waals surface area contributed by atoms with E-state index >= 15 is 0 Å². The summed E-state index contributed by atoms with van der Waals surface area (Å²) in [4.78, 5) is 47.2. The molecule has 0 radical (unpaired) electrons. The average molecular weight is 438 g/mol. The van der Waals surface area contributed by atoms with Gasteiger partial charge >= 0.3 is 11.7 Å². The molecule has 1 aliphatic heterocycles. The fourth-order valence-corrected chi connectivity index (χ4v) is 3.96. The maximum atomic E-state index is 13.7. The third-order valence-electron chi connectivity index (χ3n) is 3.97. The monoisotopic (exact) mass is 438 g/mol. The SMILES string of the molecule is O=C(O)CCCN1C(=O)/C(=C/c2coc3c([N+](=O)[O-])cc(F)cc3c2=O)SC1=S. The zero-order chi connectivity index (χ0) is 21.3. The van der Waals surface area contributed by atoms with Gasteiger partial charge in [0.2, 0.25) is 5.58 Å². The van der Waals surface area contributed by atoms with E-state index in [9.17, 15) is 28.9 Å². The number of hydrogen-bond donors (Lipinski definition) is 1. The fourth-order valence-electron chi connectivity index (χ4n) is 2.66. The van der Waals surface area contributed by atoms with Gasteiger partial charge in [0.25, 0.3) is 5.91 Å². The van der Waals surface area contributed by atoms with Crippen LogP contribution in [0.3, 0.4) is 0 Å². The molecule has 1 saturated heterocycles. The summed E-state index contributed by atoms with van der Waals surface area (Å²) >= 11 is 6.04. The Balaban J connectivity index is 1.96. The summed E-state index contributed by atoms with van der Waals surface area (Å²) in [6, 6.07) is 1.47. The number of nitro benzene ring substituents is 1. The predicted molar refractivity (Wildman–Crippen MR) is 106 cm³/mol. The summed E-state index contributed by atoms with van der Waals surface area (Å²) in [7, 11) is 0. The lowest BCUT2D eigenvalue weighted by Gasteiger charge is -2.13. The van der Waals surface area contributed by atoms with Crippen LogP contribution in [0.5, 0.6) is 0 Å². The van der Waals surface area contributed by atoms with Crippen LogP contribution >= 0.6 is 24.0 Å². The Morgan fingerprint density at radius 1 is 1.41 bits per heavy atom. The molecule has 3 rings (SSSR count). The van der Waals surface area contributed by atoms with Gasteiger partial charge in [-0.25, -0.2) is 4.39 Å². The number of amides is 1. The molecule has 29 heavy (non-hydrogen) atoms. The van der Waals surface area contributed by atoms with Crippen LogP contribution in [-0.4, -0.2) is 37.7 Å². The minimum Gasteiger partial charge on any atom is -0.481 e. The number of carboxylic acids is 1. The summed E-state index contributed by atoms with van der Waals surface area (Å²) < 4.78 is 19.1. The van der Waals surface area contributed by atoms with E-state index in [1.54, 1.807) is 0 Å². The van der Waals surface area contributed by atoms with Gasteiger partial charge in [-0.05, 0) is 18.6 Å². The molecule has 2 heterocycles. The summed E-state index contributed by atoms with van der Waals surface area (Å²) in [6.07, 6.45) is 2.23. The highest BCUT2D eigenvalue weighted by Crippen LogP contribution is 2.33. The first-order valence-corrected chi connectivity index (χ1v) is 9.28. The first-order valence-electron chi connectivity index (χ1n) is 8.05. The van der Waals surface area contributed by atoms with Crippen molar-refractivity contribution in [2.24, 2.45) is 0 Å². The molecular formula is C17H11FN2O7S2. The second kappa shape index (κ2) is 8.09. The Bertz CT molecular complexity index is 1160. The van der Waals surface area contributed by atoms with Gasteiger partial charge in [0.1, 0.15) is 16.4 Å². The van der Waals surface area contributed by atoms with Gasteiger partial charge in [-0.15, -0.1) is 0 Å². The standard InChI is InChI=1S/C17H11FN2O7S2/c18-9-5-10-14(23)8(7-27-15(10)11(6-9)20(25)26)4-12-16(24)19(17(28)29-12)3-1-2-13(21)22/h4-7H,1-3H2,(H,21,22)/b12-4-. The zero-order valence-corrected chi connectivity index (χ0v) is 16.0. The normalized spacial score (nSPS) is 15.5. The number of non-ortho nitro benzene ring substituents is 1. The van der Waals surface area contributed by atoms with Crippen molar-refractivity contribution in [1.82, 2.24) is 4.90 Å². The van der Waals surface area contributed by atoms with E-state index in [1.807, 2.05) is 0 Å². The van der Waals surface area contributed by atoms with E-state index in [0.29, 0.717) is 6.07 Å². The molecule has 0 saturated carbocycles. The van der Waals surface area contributed by atoms with E-state index in [4.69, 9.17) is 21.7 Å². The van der Waals surface area contributed by atoms with Crippen LogP contribution < -0.4 is 5.43 Å². The number of thiocarbonyl (C=S) groups is 1. The highest BCUT2D eigenvalue weighted by Gasteiger charge is 2.32. The first-order chi connectivity index (χ1) is 13.7. The number of carboxylic acid groups (broad SMARTS) is 1. The van der Waals surface area contributed by atoms with Crippen LogP contribution in [0.15, 0.2) is 32.5 Å². The molecule has 0 bridgehead atoms. The van der Waals surface area contributed by atoms with Gasteiger partial charge in [-0.1, -0.05) is 24.0 Å². The van der Waals surface area contributed by atoms with Crippen LogP contribution in [0.2, 0.25) is 0 Å². The third-order valence-corrected chi connectivity index (χ3v) is 5.35. The van der Waals surface area contributed by atoms with Crippen molar-refractivity contribution in [3.05, 3.63) is 55.0 Å². The maximum absolute atomic E-state index is 13.7. The largest absolute Gasteiger partial charge is 0.481 e. The molecule has 0 unspecified atom stereocenters. The van der Waals surface area contributed by atoms with Gasteiger partial charge in [0.15, 0.2) is 5.43 Å². The average Bonchev–Trinajstić information content (AvgIpc) is 2.90. The van der Waals surface area contributed by atoms with Crippen LogP contribution in [0.1, 0.15) is 18.4 Å². The van der Waals surface area contributed by atoms with Crippen molar-refractivity contribution < 1.29 is 28.4 Å². The zero-order valence-electron chi connectivity index (χ0n) is 14.4. The summed E-state index contributed by atoms with van der Waals surface area (Å²) in [5.74, 6) is -2.48. The minimum absolute atomic E-state index is 0.0999. The molecule has 1 aliphatic rings. The lowest BCUT2D eigenvalue weighted by Crippen LogP contribution is -2.29. The number of nitro groups is 1. The Hall–Kier alpha value is -3.12. The third kappa shape index (κ3) is 4.17. The molecule has 1 fully saturated rings. The van der Waals surface area contributed by atoms with E-state index in [2.05, 4.69) is 0 Å². The van der Waals surface area contributed by atoms with Gasteiger partial charge in [-0.2, -0.15) is 0 Å². The van der Waals surface area contributed by atoms with E-state index in [-0.39, 0.29) is 45.1 Å². The second-order valence-electron chi connectivity index (χ2n) is 5.91. The molecule has 0 aliphatic carbocycles. The second-order valence-corrected chi connectivity index (χ2v) is 7.59. The Morgan fingerprint density at radius 3 is 2.79 bits per heavy atom. The van der Waals surface area contributed by atoms with Crippen molar-refractivity contribution in [2.45, 2.75) is 12.8 Å². The van der Waals surface area contributed by atoms with Crippen molar-refractivity contribution >= 4 is 62.9 Å². The number of rotatable bonds is 6. The molecule has 2 aromatic rings. The van der Waals surface area contributed by atoms with Crippen LogP contribution in [0, 0.1) is 15.9 Å². The molecule has 0 spiro atoms. The number of fused-ring (bicyclic) bond motifs is 1. The highest BCUT2D eigenvalue weighted by atomic mass is 32.2. The number of hydrogen-bond acceptors (Lipinski definition) is 8. The minimum atomic E-state index is -0.999. The number of aliphatic carboxylic acids is 1. The molecule has 1 aromatic carbocycles. The van der Waals surface area contributed by atoms with Crippen molar-refractivity contribution in [3.63, 3.8) is 0 Å². The molecule has 1 amide bonds. The molecule has 0 atom stereocenters.